The lowest BCUT2D eigenvalue weighted by atomic mass is 10.1. The maximum atomic E-state index is 13.7. The van der Waals surface area contributed by atoms with Crippen molar-refractivity contribution in [2.75, 3.05) is 0 Å². The van der Waals surface area contributed by atoms with Crippen LogP contribution < -0.4 is 5.32 Å². The van der Waals surface area contributed by atoms with Crippen LogP contribution in [0.3, 0.4) is 0 Å². The third-order valence-corrected chi connectivity index (χ3v) is 4.24. The van der Waals surface area contributed by atoms with Crippen LogP contribution in [0.5, 0.6) is 0 Å². The van der Waals surface area contributed by atoms with Gasteiger partial charge in [-0.05, 0) is 37.6 Å². The van der Waals surface area contributed by atoms with Crippen LogP contribution in [0.25, 0.3) is 0 Å². The summed E-state index contributed by atoms with van der Waals surface area (Å²) >= 11 is 1.67. The van der Waals surface area contributed by atoms with E-state index in [1.54, 1.807) is 17.4 Å². The fourth-order valence-corrected chi connectivity index (χ4v) is 2.91. The molecule has 2 aromatic rings. The minimum absolute atomic E-state index is 0.00624. The first-order chi connectivity index (χ1) is 9.51. The van der Waals surface area contributed by atoms with Gasteiger partial charge in [0.15, 0.2) is 0 Å². The summed E-state index contributed by atoms with van der Waals surface area (Å²) in [5.74, 6) is -1.37. The summed E-state index contributed by atoms with van der Waals surface area (Å²) in [7, 11) is 0. The first-order valence-electron chi connectivity index (χ1n) is 6.16. The zero-order valence-corrected chi connectivity index (χ0v) is 12.1. The number of nitriles is 1. The molecule has 0 bridgehead atoms. The summed E-state index contributed by atoms with van der Waals surface area (Å²) in [6.07, 6.45) is 0. The van der Waals surface area contributed by atoms with E-state index in [2.05, 4.69) is 11.4 Å². The van der Waals surface area contributed by atoms with Crippen LogP contribution >= 0.6 is 11.3 Å². The third-order valence-electron chi connectivity index (χ3n) is 3.09. The van der Waals surface area contributed by atoms with Crippen LogP contribution in [0.2, 0.25) is 0 Å². The van der Waals surface area contributed by atoms with E-state index in [0.29, 0.717) is 6.54 Å². The van der Waals surface area contributed by atoms with Crippen molar-refractivity contribution in [3.8, 4) is 6.07 Å². The Morgan fingerprint density at radius 3 is 2.30 bits per heavy atom. The van der Waals surface area contributed by atoms with Crippen molar-refractivity contribution in [2.45, 2.75) is 26.9 Å². The van der Waals surface area contributed by atoms with E-state index in [1.807, 2.05) is 13.8 Å². The first kappa shape index (κ1) is 14.6. The molecule has 0 radical (unpaired) electrons. The molecule has 0 aliphatic carbocycles. The normalized spacial score (nSPS) is 10.6. The number of rotatable bonds is 4. The lowest BCUT2D eigenvalue weighted by Crippen LogP contribution is -2.14. The molecule has 0 unspecified atom stereocenters. The summed E-state index contributed by atoms with van der Waals surface area (Å²) < 4.78 is 27.3. The van der Waals surface area contributed by atoms with Gasteiger partial charge < -0.3 is 5.32 Å². The number of aryl methyl sites for hydroxylation is 2. The van der Waals surface area contributed by atoms with Crippen molar-refractivity contribution in [2.24, 2.45) is 0 Å². The van der Waals surface area contributed by atoms with Gasteiger partial charge in [0.2, 0.25) is 0 Å². The second kappa shape index (κ2) is 6.12. The average molecular weight is 292 g/mol. The van der Waals surface area contributed by atoms with Crippen molar-refractivity contribution in [1.82, 2.24) is 5.32 Å². The van der Waals surface area contributed by atoms with Crippen molar-refractivity contribution >= 4 is 11.3 Å². The Labute approximate surface area is 120 Å². The second-order valence-corrected chi connectivity index (χ2v) is 5.93. The number of hydrogen-bond donors (Lipinski definition) is 1. The van der Waals surface area contributed by atoms with Gasteiger partial charge in [-0.3, -0.25) is 0 Å². The number of halogens is 2. The summed E-state index contributed by atoms with van der Waals surface area (Å²) in [5, 5.41) is 11.7. The fraction of sp³-hybridized carbons (Fsp3) is 0.267. The van der Waals surface area contributed by atoms with E-state index >= 15 is 0 Å². The van der Waals surface area contributed by atoms with E-state index in [-0.39, 0.29) is 17.7 Å². The van der Waals surface area contributed by atoms with Gasteiger partial charge in [0.25, 0.3) is 0 Å². The predicted molar refractivity (Wildman–Crippen MR) is 75.4 cm³/mol. The van der Waals surface area contributed by atoms with E-state index in [4.69, 9.17) is 5.26 Å². The zero-order chi connectivity index (χ0) is 14.7. The highest BCUT2D eigenvalue weighted by Crippen LogP contribution is 2.21. The molecular formula is C15H14F2N2S. The Hall–Kier alpha value is -1.77. The smallest absolute Gasteiger partial charge is 0.131 e. The highest BCUT2D eigenvalue weighted by molar-refractivity contribution is 7.12. The minimum atomic E-state index is -0.687. The van der Waals surface area contributed by atoms with Gasteiger partial charge in [-0.25, -0.2) is 8.78 Å². The molecule has 1 N–H and O–H groups in total. The topological polar surface area (TPSA) is 35.8 Å². The van der Waals surface area contributed by atoms with Gasteiger partial charge in [0.1, 0.15) is 11.6 Å². The van der Waals surface area contributed by atoms with Gasteiger partial charge in [-0.1, -0.05) is 0 Å². The minimum Gasteiger partial charge on any atom is -0.308 e. The Balaban J connectivity index is 2.03. The molecule has 0 amide bonds. The monoisotopic (exact) mass is 292 g/mol. The molecule has 1 heterocycles. The predicted octanol–water partition coefficient (Wildman–Crippen LogP) is 3.80. The maximum absolute atomic E-state index is 13.7. The van der Waals surface area contributed by atoms with Crippen molar-refractivity contribution in [1.29, 1.82) is 5.26 Å². The van der Waals surface area contributed by atoms with Crippen molar-refractivity contribution in [3.05, 3.63) is 56.3 Å². The lowest BCUT2D eigenvalue weighted by molar-refractivity contribution is 0.535. The van der Waals surface area contributed by atoms with E-state index in [1.165, 1.54) is 10.4 Å². The first-order valence-corrected chi connectivity index (χ1v) is 6.97. The number of nitrogens with zero attached hydrogens (tertiary/aromatic N) is 1. The van der Waals surface area contributed by atoms with Gasteiger partial charge in [-0.15, -0.1) is 11.3 Å². The van der Waals surface area contributed by atoms with Crippen LogP contribution in [-0.4, -0.2) is 0 Å². The molecule has 1 aromatic heterocycles. The molecule has 0 atom stereocenters. The number of hydrogen-bond acceptors (Lipinski definition) is 3. The largest absolute Gasteiger partial charge is 0.308 e. The SMILES string of the molecule is Cc1cc(CNCc2c(F)cc(C#N)cc2F)sc1C. The highest BCUT2D eigenvalue weighted by Gasteiger charge is 2.11. The molecule has 0 aliphatic heterocycles. The summed E-state index contributed by atoms with van der Waals surface area (Å²) in [5.41, 5.74) is 1.18. The van der Waals surface area contributed by atoms with Crippen molar-refractivity contribution < 1.29 is 8.78 Å². The summed E-state index contributed by atoms with van der Waals surface area (Å²) in [4.78, 5) is 2.38. The summed E-state index contributed by atoms with van der Waals surface area (Å²) in [6, 6.07) is 5.91. The van der Waals surface area contributed by atoms with Gasteiger partial charge >= 0.3 is 0 Å². The number of thiophene rings is 1. The Morgan fingerprint density at radius 1 is 1.15 bits per heavy atom. The molecule has 20 heavy (non-hydrogen) atoms. The van der Waals surface area contributed by atoms with Crippen LogP contribution in [0.4, 0.5) is 8.78 Å². The average Bonchev–Trinajstić information content (AvgIpc) is 2.71. The van der Waals surface area contributed by atoms with Crippen LogP contribution in [0.1, 0.15) is 26.4 Å². The van der Waals surface area contributed by atoms with Crippen LogP contribution in [0, 0.1) is 36.8 Å². The molecular weight excluding hydrogens is 278 g/mol. The molecule has 2 nitrogen and oxygen atoms in total. The zero-order valence-electron chi connectivity index (χ0n) is 11.3. The molecule has 2 rings (SSSR count). The Kier molecular flexibility index (Phi) is 4.48. The molecule has 5 heteroatoms. The van der Waals surface area contributed by atoms with Gasteiger partial charge in [0.05, 0.1) is 11.6 Å². The molecule has 0 saturated heterocycles. The van der Waals surface area contributed by atoms with Gasteiger partial charge in [-0.2, -0.15) is 5.26 Å². The summed E-state index contributed by atoms with van der Waals surface area (Å²) in [6.45, 7) is 4.75. The van der Waals surface area contributed by atoms with Crippen molar-refractivity contribution in [3.63, 3.8) is 0 Å². The highest BCUT2D eigenvalue weighted by atomic mass is 32.1. The fourth-order valence-electron chi connectivity index (χ4n) is 1.88. The third kappa shape index (κ3) is 3.21. The van der Waals surface area contributed by atoms with Gasteiger partial charge in [0, 0.05) is 28.4 Å². The molecule has 0 aliphatic rings. The van der Waals surface area contributed by atoms with E-state index < -0.39 is 11.6 Å². The van der Waals surface area contributed by atoms with E-state index in [0.717, 1.165) is 17.0 Å². The second-order valence-electron chi connectivity index (χ2n) is 4.59. The van der Waals surface area contributed by atoms with E-state index in [9.17, 15) is 8.78 Å². The maximum Gasteiger partial charge on any atom is 0.131 e. The quantitative estimate of drug-likeness (QED) is 0.930. The molecule has 0 fully saturated rings. The lowest BCUT2D eigenvalue weighted by Gasteiger charge is -2.06. The Bertz CT molecular complexity index is 628. The van der Waals surface area contributed by atoms with Crippen LogP contribution in [-0.2, 0) is 13.1 Å². The number of benzene rings is 1. The standard InChI is InChI=1S/C15H14F2N2S/c1-9-3-12(20-10(9)2)7-19-8-13-14(16)4-11(6-18)5-15(13)17/h3-5,19H,7-8H2,1-2H3. The molecule has 0 spiro atoms. The Morgan fingerprint density at radius 2 is 1.80 bits per heavy atom. The number of nitrogens with one attached hydrogen (secondary N) is 1. The van der Waals surface area contributed by atoms with Crippen LogP contribution in [0.15, 0.2) is 18.2 Å². The molecule has 104 valence electrons. The molecule has 1 aromatic carbocycles. The molecule has 0 saturated carbocycles.